The van der Waals surface area contributed by atoms with Gasteiger partial charge in [0.1, 0.15) is 0 Å². The Kier molecular flexibility index (Phi) is 6.67. The van der Waals surface area contributed by atoms with Crippen LogP contribution in [0.4, 0.5) is 0 Å². The maximum Gasteiger partial charge on any atom is 0.261 e. The minimum atomic E-state index is -0.329. The molecule has 1 atom stereocenters. The van der Waals surface area contributed by atoms with Crippen LogP contribution in [-0.2, 0) is 6.42 Å². The van der Waals surface area contributed by atoms with Crippen LogP contribution in [0.5, 0.6) is 0 Å². The summed E-state index contributed by atoms with van der Waals surface area (Å²) < 4.78 is 0. The van der Waals surface area contributed by atoms with E-state index in [-0.39, 0.29) is 36.2 Å². The molecular weight excluding hydrogens is 390 g/mol. The average molecular weight is 414 g/mol. The maximum absolute atomic E-state index is 12.8. The first-order valence-electron chi connectivity index (χ1n) is 9.69. The molecule has 6 nitrogen and oxygen atoms in total. The number of amides is 3. The number of halogens is 1. The largest absolute Gasteiger partial charge is 0.348 e. The number of piperidine rings is 1. The van der Waals surface area contributed by atoms with Gasteiger partial charge in [0, 0.05) is 24.7 Å². The standard InChI is InChI=1S/C22H23N3O3.ClH/c26-20(24-17-7-4-11-23-14-17)16-8-9-18-19(13-16)22(28)25(21(18)27)12-10-15-5-2-1-3-6-15;/h1-3,5-6,8-9,13,17,23H,4,7,10-12,14H2,(H,24,26);1H/t17-;/m0./s1. The Labute approximate surface area is 176 Å². The Morgan fingerprint density at radius 1 is 1.07 bits per heavy atom. The number of nitrogens with one attached hydrogen (secondary N) is 2. The van der Waals surface area contributed by atoms with Gasteiger partial charge in [-0.3, -0.25) is 19.3 Å². The molecule has 2 aliphatic heterocycles. The fourth-order valence-electron chi connectivity index (χ4n) is 3.76. The van der Waals surface area contributed by atoms with Crippen molar-refractivity contribution in [2.45, 2.75) is 25.3 Å². The third kappa shape index (κ3) is 4.49. The number of fused-ring (bicyclic) bond motifs is 1. The first kappa shape index (κ1) is 21.0. The highest BCUT2D eigenvalue weighted by molar-refractivity contribution is 6.22. The van der Waals surface area contributed by atoms with Crippen molar-refractivity contribution in [1.29, 1.82) is 0 Å². The Morgan fingerprint density at radius 3 is 2.55 bits per heavy atom. The van der Waals surface area contributed by atoms with E-state index in [1.165, 1.54) is 4.90 Å². The molecule has 2 aliphatic rings. The predicted octanol–water partition coefficient (Wildman–Crippen LogP) is 2.43. The summed E-state index contributed by atoms with van der Waals surface area (Å²) in [4.78, 5) is 39.2. The molecule has 29 heavy (non-hydrogen) atoms. The van der Waals surface area contributed by atoms with Crippen molar-refractivity contribution >= 4 is 30.1 Å². The molecular formula is C22H24ClN3O3. The van der Waals surface area contributed by atoms with Gasteiger partial charge in [0.25, 0.3) is 17.7 Å². The van der Waals surface area contributed by atoms with Gasteiger partial charge in [-0.15, -0.1) is 12.4 Å². The Balaban J connectivity index is 0.00000240. The lowest BCUT2D eigenvalue weighted by atomic mass is 10.0. The highest BCUT2D eigenvalue weighted by Crippen LogP contribution is 2.24. The maximum atomic E-state index is 12.8. The summed E-state index contributed by atoms with van der Waals surface area (Å²) in [7, 11) is 0. The van der Waals surface area contributed by atoms with Crippen molar-refractivity contribution in [2.24, 2.45) is 0 Å². The minimum absolute atomic E-state index is 0. The number of hydrogen-bond donors (Lipinski definition) is 2. The lowest BCUT2D eigenvalue weighted by Crippen LogP contribution is -2.45. The monoisotopic (exact) mass is 413 g/mol. The van der Waals surface area contributed by atoms with E-state index in [0.717, 1.165) is 31.5 Å². The van der Waals surface area contributed by atoms with Gasteiger partial charge in [-0.25, -0.2) is 0 Å². The highest BCUT2D eigenvalue weighted by atomic mass is 35.5. The van der Waals surface area contributed by atoms with Crippen LogP contribution < -0.4 is 10.6 Å². The third-order valence-electron chi connectivity index (χ3n) is 5.33. The summed E-state index contributed by atoms with van der Waals surface area (Å²) in [6.07, 6.45) is 2.57. The quantitative estimate of drug-likeness (QED) is 0.738. The Bertz CT molecular complexity index is 911. The first-order valence-corrected chi connectivity index (χ1v) is 9.69. The smallest absolute Gasteiger partial charge is 0.261 e. The number of benzene rings is 2. The number of imide groups is 1. The fraction of sp³-hybridized carbons (Fsp3) is 0.318. The van der Waals surface area contributed by atoms with E-state index in [9.17, 15) is 14.4 Å². The van der Waals surface area contributed by atoms with E-state index in [4.69, 9.17) is 0 Å². The summed E-state index contributed by atoms with van der Waals surface area (Å²) in [5.41, 5.74) is 2.16. The van der Waals surface area contributed by atoms with Crippen molar-refractivity contribution in [2.75, 3.05) is 19.6 Å². The molecule has 0 aromatic heterocycles. The molecule has 4 rings (SSSR count). The highest BCUT2D eigenvalue weighted by Gasteiger charge is 2.35. The molecule has 0 radical (unpaired) electrons. The molecule has 2 heterocycles. The molecule has 7 heteroatoms. The van der Waals surface area contributed by atoms with Gasteiger partial charge in [-0.1, -0.05) is 30.3 Å². The second-order valence-corrected chi connectivity index (χ2v) is 7.27. The van der Waals surface area contributed by atoms with Crippen LogP contribution in [0.25, 0.3) is 0 Å². The molecule has 0 aliphatic carbocycles. The summed E-state index contributed by atoms with van der Waals surface area (Å²) in [6.45, 7) is 2.05. The van der Waals surface area contributed by atoms with Crippen molar-refractivity contribution in [3.05, 3.63) is 70.8 Å². The van der Waals surface area contributed by atoms with Gasteiger partial charge in [0.05, 0.1) is 11.1 Å². The van der Waals surface area contributed by atoms with Crippen LogP contribution >= 0.6 is 12.4 Å². The van der Waals surface area contributed by atoms with Gasteiger partial charge in [0.2, 0.25) is 0 Å². The summed E-state index contributed by atoms with van der Waals surface area (Å²) in [6, 6.07) is 14.6. The van der Waals surface area contributed by atoms with Crippen LogP contribution in [0.15, 0.2) is 48.5 Å². The molecule has 3 amide bonds. The molecule has 2 N–H and O–H groups in total. The van der Waals surface area contributed by atoms with Crippen LogP contribution in [0.2, 0.25) is 0 Å². The number of rotatable bonds is 5. The van der Waals surface area contributed by atoms with Crippen LogP contribution in [0, 0.1) is 0 Å². The Hall–Kier alpha value is -2.70. The summed E-state index contributed by atoms with van der Waals surface area (Å²) in [5, 5.41) is 6.26. The molecule has 1 fully saturated rings. The molecule has 0 saturated carbocycles. The second-order valence-electron chi connectivity index (χ2n) is 7.27. The minimum Gasteiger partial charge on any atom is -0.348 e. The van der Waals surface area contributed by atoms with Crippen molar-refractivity contribution in [3.63, 3.8) is 0 Å². The van der Waals surface area contributed by atoms with E-state index in [0.29, 0.717) is 29.7 Å². The predicted molar refractivity (Wildman–Crippen MR) is 113 cm³/mol. The summed E-state index contributed by atoms with van der Waals surface area (Å²) in [5.74, 6) is -0.830. The zero-order valence-corrected chi connectivity index (χ0v) is 16.8. The molecule has 1 saturated heterocycles. The second kappa shape index (κ2) is 9.20. The lowest BCUT2D eigenvalue weighted by Gasteiger charge is -2.23. The number of hydrogen-bond acceptors (Lipinski definition) is 4. The molecule has 0 unspecified atom stereocenters. The molecule has 0 bridgehead atoms. The van der Waals surface area contributed by atoms with E-state index < -0.39 is 0 Å². The average Bonchev–Trinajstić information content (AvgIpc) is 2.97. The first-order chi connectivity index (χ1) is 13.6. The normalized spacial score (nSPS) is 18.2. The number of carbonyl (C=O) groups excluding carboxylic acids is 3. The molecule has 0 spiro atoms. The fourth-order valence-corrected chi connectivity index (χ4v) is 3.76. The number of nitrogens with zero attached hydrogens (tertiary/aromatic N) is 1. The van der Waals surface area contributed by atoms with Crippen LogP contribution in [0.1, 0.15) is 49.5 Å². The number of carbonyl (C=O) groups is 3. The van der Waals surface area contributed by atoms with Gasteiger partial charge in [0.15, 0.2) is 0 Å². The van der Waals surface area contributed by atoms with Gasteiger partial charge < -0.3 is 10.6 Å². The zero-order valence-electron chi connectivity index (χ0n) is 16.0. The summed E-state index contributed by atoms with van der Waals surface area (Å²) >= 11 is 0. The van der Waals surface area contributed by atoms with Crippen molar-refractivity contribution < 1.29 is 14.4 Å². The molecule has 2 aromatic carbocycles. The van der Waals surface area contributed by atoms with Crippen LogP contribution in [-0.4, -0.2) is 48.3 Å². The SMILES string of the molecule is Cl.O=C(N[C@H]1CCCNC1)c1ccc2c(c1)C(=O)N(CCc1ccccc1)C2=O. The van der Waals surface area contributed by atoms with Crippen molar-refractivity contribution in [1.82, 2.24) is 15.5 Å². The van der Waals surface area contributed by atoms with E-state index in [2.05, 4.69) is 10.6 Å². The van der Waals surface area contributed by atoms with Crippen molar-refractivity contribution in [3.8, 4) is 0 Å². The van der Waals surface area contributed by atoms with E-state index >= 15 is 0 Å². The van der Waals surface area contributed by atoms with Gasteiger partial charge >= 0.3 is 0 Å². The van der Waals surface area contributed by atoms with E-state index in [1.54, 1.807) is 18.2 Å². The topological polar surface area (TPSA) is 78.5 Å². The Morgan fingerprint density at radius 2 is 1.83 bits per heavy atom. The lowest BCUT2D eigenvalue weighted by molar-refractivity contribution is 0.0656. The zero-order chi connectivity index (χ0) is 19.5. The molecule has 152 valence electrons. The van der Waals surface area contributed by atoms with Gasteiger partial charge in [-0.2, -0.15) is 0 Å². The third-order valence-corrected chi connectivity index (χ3v) is 5.33. The van der Waals surface area contributed by atoms with Crippen LogP contribution in [0.3, 0.4) is 0 Å². The van der Waals surface area contributed by atoms with E-state index in [1.807, 2.05) is 30.3 Å². The van der Waals surface area contributed by atoms with Gasteiger partial charge in [-0.05, 0) is 49.6 Å². The molecule has 2 aromatic rings.